The number of H-pyrrole nitrogens is 1. The van der Waals surface area contributed by atoms with Gasteiger partial charge in [-0.2, -0.15) is 13.2 Å². The van der Waals surface area contributed by atoms with Crippen molar-refractivity contribution in [1.82, 2.24) is 15.3 Å². The molecule has 0 aliphatic carbocycles. The third-order valence-corrected chi connectivity index (χ3v) is 3.00. The average Bonchev–Trinajstić information content (AvgIpc) is 3.01. The van der Waals surface area contributed by atoms with Crippen molar-refractivity contribution in [3.8, 4) is 5.88 Å². The van der Waals surface area contributed by atoms with E-state index in [0.717, 1.165) is 0 Å². The summed E-state index contributed by atoms with van der Waals surface area (Å²) >= 11 is 0. The summed E-state index contributed by atoms with van der Waals surface area (Å²) in [5, 5.41) is 2.52. The molecule has 9 heteroatoms. The third kappa shape index (κ3) is 4.83. The molecule has 0 atom stereocenters. The van der Waals surface area contributed by atoms with Crippen molar-refractivity contribution >= 4 is 11.7 Å². The van der Waals surface area contributed by atoms with Crippen molar-refractivity contribution in [2.24, 2.45) is 0 Å². The van der Waals surface area contributed by atoms with Crippen molar-refractivity contribution in [2.45, 2.75) is 19.6 Å². The maximum Gasteiger partial charge on any atom is 0.422 e. The SMILES string of the molecule is CC(=O)c1c[nH]c(C(=O)NCc2cccnc2OCC(F)(F)F)c1. The highest BCUT2D eigenvalue weighted by molar-refractivity contribution is 5.99. The lowest BCUT2D eigenvalue weighted by Gasteiger charge is -2.12. The molecule has 0 radical (unpaired) electrons. The highest BCUT2D eigenvalue weighted by Gasteiger charge is 2.29. The van der Waals surface area contributed by atoms with E-state index < -0.39 is 18.7 Å². The van der Waals surface area contributed by atoms with Gasteiger partial charge in [-0.1, -0.05) is 6.07 Å². The normalized spacial score (nSPS) is 11.2. The highest BCUT2D eigenvalue weighted by Crippen LogP contribution is 2.20. The standard InChI is InChI=1S/C15H14F3N3O3/c1-9(22)11-5-12(20-7-11)13(23)21-6-10-3-2-4-19-14(10)24-8-15(16,17)18/h2-5,7,20H,6,8H2,1H3,(H,21,23). The Labute approximate surface area is 135 Å². The monoisotopic (exact) mass is 341 g/mol. The quantitative estimate of drug-likeness (QED) is 0.791. The Hall–Kier alpha value is -2.84. The zero-order chi connectivity index (χ0) is 17.7. The van der Waals surface area contributed by atoms with E-state index in [0.29, 0.717) is 11.1 Å². The molecule has 0 aliphatic rings. The number of Topliss-reactive ketones (excluding diaryl/α,β-unsaturated/α-hetero) is 1. The number of aromatic amines is 1. The van der Waals surface area contributed by atoms with Crippen LogP contribution in [0.2, 0.25) is 0 Å². The summed E-state index contributed by atoms with van der Waals surface area (Å²) in [6.07, 6.45) is -1.79. The van der Waals surface area contributed by atoms with Crippen LogP contribution in [0.5, 0.6) is 5.88 Å². The second-order valence-electron chi connectivity index (χ2n) is 4.91. The number of aromatic nitrogens is 2. The molecular formula is C15H14F3N3O3. The molecule has 0 saturated carbocycles. The minimum atomic E-state index is -4.48. The first-order valence-electron chi connectivity index (χ1n) is 6.87. The summed E-state index contributed by atoms with van der Waals surface area (Å²) in [5.74, 6) is -0.903. The Kier molecular flexibility index (Phi) is 5.22. The average molecular weight is 341 g/mol. The Morgan fingerprint density at radius 2 is 2.12 bits per heavy atom. The molecule has 0 bridgehead atoms. The molecule has 24 heavy (non-hydrogen) atoms. The van der Waals surface area contributed by atoms with Crippen molar-refractivity contribution in [3.63, 3.8) is 0 Å². The van der Waals surface area contributed by atoms with Gasteiger partial charge in [0.25, 0.3) is 5.91 Å². The smallest absolute Gasteiger partial charge is 0.422 e. The molecule has 2 N–H and O–H groups in total. The fraction of sp³-hybridized carbons (Fsp3) is 0.267. The largest absolute Gasteiger partial charge is 0.468 e. The van der Waals surface area contributed by atoms with E-state index in [1.54, 1.807) is 0 Å². The summed E-state index contributed by atoms with van der Waals surface area (Å²) in [4.78, 5) is 29.6. The number of halogens is 3. The van der Waals surface area contributed by atoms with E-state index in [1.807, 2.05) is 0 Å². The predicted molar refractivity (Wildman–Crippen MR) is 77.8 cm³/mol. The molecule has 128 valence electrons. The van der Waals surface area contributed by atoms with E-state index in [9.17, 15) is 22.8 Å². The zero-order valence-corrected chi connectivity index (χ0v) is 12.6. The molecule has 2 heterocycles. The number of carbonyl (C=O) groups is 2. The van der Waals surface area contributed by atoms with E-state index in [1.165, 1.54) is 37.5 Å². The maximum atomic E-state index is 12.2. The molecule has 0 aromatic carbocycles. The molecule has 0 fully saturated rings. The van der Waals surface area contributed by atoms with Crippen molar-refractivity contribution in [1.29, 1.82) is 0 Å². The van der Waals surface area contributed by atoms with Gasteiger partial charge in [-0.3, -0.25) is 9.59 Å². The molecule has 0 spiro atoms. The number of ether oxygens (including phenoxy) is 1. The highest BCUT2D eigenvalue weighted by atomic mass is 19.4. The second-order valence-corrected chi connectivity index (χ2v) is 4.91. The van der Waals surface area contributed by atoms with Crippen molar-refractivity contribution in [3.05, 3.63) is 47.4 Å². The van der Waals surface area contributed by atoms with Crippen LogP contribution in [-0.2, 0) is 6.54 Å². The number of amides is 1. The molecule has 0 unspecified atom stereocenters. The summed E-state index contributed by atoms with van der Waals surface area (Å²) in [5.41, 5.74) is 0.825. The van der Waals surface area contributed by atoms with Gasteiger partial charge in [0.15, 0.2) is 12.4 Å². The van der Waals surface area contributed by atoms with E-state index in [2.05, 4.69) is 20.0 Å². The lowest BCUT2D eigenvalue weighted by Crippen LogP contribution is -2.24. The molecule has 2 aromatic rings. The molecule has 2 rings (SSSR count). The number of pyridine rings is 1. The van der Waals surface area contributed by atoms with Gasteiger partial charge in [0.2, 0.25) is 5.88 Å². The van der Waals surface area contributed by atoms with Crippen LogP contribution in [0.25, 0.3) is 0 Å². The summed E-state index contributed by atoms with van der Waals surface area (Å²) in [6.45, 7) is -0.178. The Bertz CT molecular complexity index is 741. The van der Waals surface area contributed by atoms with Gasteiger partial charge in [0.1, 0.15) is 5.69 Å². The number of rotatable bonds is 6. The van der Waals surface area contributed by atoms with Crippen molar-refractivity contribution < 1.29 is 27.5 Å². The topological polar surface area (TPSA) is 84.1 Å². The van der Waals surface area contributed by atoms with Gasteiger partial charge in [0, 0.05) is 30.1 Å². The first kappa shape index (κ1) is 17.5. The lowest BCUT2D eigenvalue weighted by molar-refractivity contribution is -0.154. The fourth-order valence-corrected chi connectivity index (χ4v) is 1.84. The van der Waals surface area contributed by atoms with Crippen LogP contribution >= 0.6 is 0 Å². The van der Waals surface area contributed by atoms with Gasteiger partial charge in [-0.05, 0) is 19.1 Å². The van der Waals surface area contributed by atoms with Gasteiger partial charge >= 0.3 is 6.18 Å². The molecule has 2 aromatic heterocycles. The first-order chi connectivity index (χ1) is 11.3. The third-order valence-electron chi connectivity index (χ3n) is 3.00. The van der Waals surface area contributed by atoms with E-state index in [-0.39, 0.29) is 23.9 Å². The van der Waals surface area contributed by atoms with Crippen LogP contribution in [-0.4, -0.2) is 34.4 Å². The number of nitrogens with zero attached hydrogens (tertiary/aromatic N) is 1. The van der Waals surface area contributed by atoms with Crippen LogP contribution in [0, 0.1) is 0 Å². The number of carbonyl (C=O) groups excluding carboxylic acids is 2. The van der Waals surface area contributed by atoms with Gasteiger partial charge in [0.05, 0.1) is 0 Å². The van der Waals surface area contributed by atoms with Crippen LogP contribution in [0.15, 0.2) is 30.6 Å². The van der Waals surface area contributed by atoms with Crippen LogP contribution in [0.1, 0.15) is 33.3 Å². The number of ketones is 1. The number of hydrogen-bond donors (Lipinski definition) is 2. The van der Waals surface area contributed by atoms with Gasteiger partial charge in [-0.15, -0.1) is 0 Å². The summed E-state index contributed by atoms with van der Waals surface area (Å²) in [6, 6.07) is 4.40. The first-order valence-corrected chi connectivity index (χ1v) is 6.87. The number of hydrogen-bond acceptors (Lipinski definition) is 4. The molecule has 0 saturated heterocycles. The van der Waals surface area contributed by atoms with E-state index >= 15 is 0 Å². The minimum absolute atomic E-state index is 0.0751. The molecule has 1 amide bonds. The second kappa shape index (κ2) is 7.16. The Balaban J connectivity index is 2.00. The number of alkyl halides is 3. The van der Waals surface area contributed by atoms with Gasteiger partial charge < -0.3 is 15.0 Å². The molecule has 0 aliphatic heterocycles. The summed E-state index contributed by atoms with van der Waals surface area (Å²) < 4.78 is 41.3. The minimum Gasteiger partial charge on any atom is -0.468 e. The zero-order valence-electron chi connectivity index (χ0n) is 12.6. The van der Waals surface area contributed by atoms with Crippen LogP contribution in [0.3, 0.4) is 0 Å². The molecular weight excluding hydrogens is 327 g/mol. The Morgan fingerprint density at radius 1 is 1.38 bits per heavy atom. The number of nitrogens with one attached hydrogen (secondary N) is 2. The van der Waals surface area contributed by atoms with Crippen LogP contribution < -0.4 is 10.1 Å². The fourth-order valence-electron chi connectivity index (χ4n) is 1.84. The van der Waals surface area contributed by atoms with Crippen LogP contribution in [0.4, 0.5) is 13.2 Å². The predicted octanol–water partition coefficient (Wildman–Crippen LogP) is 2.48. The Morgan fingerprint density at radius 3 is 2.75 bits per heavy atom. The van der Waals surface area contributed by atoms with E-state index in [4.69, 9.17) is 0 Å². The lowest BCUT2D eigenvalue weighted by atomic mass is 10.2. The summed E-state index contributed by atoms with van der Waals surface area (Å²) in [7, 11) is 0. The van der Waals surface area contributed by atoms with Crippen molar-refractivity contribution in [2.75, 3.05) is 6.61 Å². The molecule has 6 nitrogen and oxygen atoms in total. The maximum absolute atomic E-state index is 12.2. The van der Waals surface area contributed by atoms with Gasteiger partial charge in [-0.25, -0.2) is 4.98 Å².